The van der Waals surface area contributed by atoms with Gasteiger partial charge in [-0.3, -0.25) is 0 Å². The summed E-state index contributed by atoms with van der Waals surface area (Å²) in [6, 6.07) is 0. The van der Waals surface area contributed by atoms with Gasteiger partial charge in [-0.1, -0.05) is 0 Å². The Morgan fingerprint density at radius 3 is 2.37 bits per heavy atom. The second-order valence-corrected chi connectivity index (χ2v) is 6.72. The Kier molecular flexibility index (Phi) is 3.49. The number of piperidine rings is 1. The van der Waals surface area contributed by atoms with E-state index in [2.05, 4.69) is 0 Å². The molecule has 0 aromatic carbocycles. The zero-order valence-corrected chi connectivity index (χ0v) is 11.9. The maximum absolute atomic E-state index is 12.2. The number of likely N-dealkylation sites (tertiary alicyclic amines) is 1. The minimum atomic E-state index is -0.991. The highest BCUT2D eigenvalue weighted by molar-refractivity contribution is 5.72. The number of carboxylic acids is 1. The molecule has 108 valence electrons. The summed E-state index contributed by atoms with van der Waals surface area (Å²) < 4.78 is 5.43. The molecule has 5 nitrogen and oxygen atoms in total. The van der Waals surface area contributed by atoms with Crippen molar-refractivity contribution in [2.24, 2.45) is 5.92 Å². The van der Waals surface area contributed by atoms with E-state index in [1.54, 1.807) is 4.90 Å². The van der Waals surface area contributed by atoms with Gasteiger partial charge in [0, 0.05) is 24.0 Å². The summed E-state index contributed by atoms with van der Waals surface area (Å²) in [6.45, 7) is 5.97. The van der Waals surface area contributed by atoms with Crippen LogP contribution >= 0.6 is 0 Å². The molecule has 0 N–H and O–H groups in total. The fourth-order valence-electron chi connectivity index (χ4n) is 3.06. The first kappa shape index (κ1) is 14.2. The van der Waals surface area contributed by atoms with Crippen molar-refractivity contribution in [2.45, 2.75) is 64.0 Å². The molecule has 5 heteroatoms. The van der Waals surface area contributed by atoms with Gasteiger partial charge in [0.15, 0.2) is 0 Å². The van der Waals surface area contributed by atoms with E-state index >= 15 is 0 Å². The Morgan fingerprint density at radius 2 is 1.95 bits per heavy atom. The van der Waals surface area contributed by atoms with Gasteiger partial charge in [-0.2, -0.15) is 0 Å². The van der Waals surface area contributed by atoms with Crippen LogP contribution in [-0.4, -0.2) is 34.6 Å². The zero-order valence-electron chi connectivity index (χ0n) is 11.9. The van der Waals surface area contributed by atoms with Crippen LogP contribution in [-0.2, 0) is 9.53 Å². The molecule has 0 bridgehead atoms. The van der Waals surface area contributed by atoms with Crippen molar-refractivity contribution in [2.75, 3.05) is 6.54 Å². The highest BCUT2D eigenvalue weighted by Gasteiger charge is 2.49. The first-order valence-electron chi connectivity index (χ1n) is 6.95. The van der Waals surface area contributed by atoms with Gasteiger partial charge in [-0.25, -0.2) is 4.79 Å². The van der Waals surface area contributed by atoms with E-state index < -0.39 is 17.5 Å². The van der Waals surface area contributed by atoms with Crippen LogP contribution in [0.15, 0.2) is 0 Å². The second kappa shape index (κ2) is 4.69. The molecular formula is C14H22NO4-. The number of ether oxygens (including phenoxy) is 1. The van der Waals surface area contributed by atoms with Gasteiger partial charge >= 0.3 is 6.09 Å². The standard InChI is InChI=1S/C14H23NO4/c1-13(2,3)19-12(18)15-8-5-10(11(16)17)9-14(15)6-4-7-14/h10H,4-9H2,1-3H3,(H,16,17)/p-1. The second-order valence-electron chi connectivity index (χ2n) is 6.72. The maximum Gasteiger partial charge on any atom is 0.410 e. The largest absolute Gasteiger partial charge is 0.550 e. The van der Waals surface area contributed by atoms with Gasteiger partial charge in [0.1, 0.15) is 5.60 Å². The van der Waals surface area contributed by atoms with Crippen LogP contribution in [0.4, 0.5) is 4.79 Å². The zero-order chi connectivity index (χ0) is 14.3. The highest BCUT2D eigenvalue weighted by Crippen LogP contribution is 2.46. The van der Waals surface area contributed by atoms with E-state index in [9.17, 15) is 14.7 Å². The van der Waals surface area contributed by atoms with Crippen molar-refractivity contribution < 1.29 is 19.4 Å². The quantitative estimate of drug-likeness (QED) is 0.719. The van der Waals surface area contributed by atoms with Gasteiger partial charge in [0.2, 0.25) is 0 Å². The van der Waals surface area contributed by atoms with Gasteiger partial charge in [0.05, 0.1) is 0 Å². The number of amides is 1. The van der Waals surface area contributed by atoms with E-state index in [0.717, 1.165) is 19.3 Å². The molecule has 2 aliphatic rings. The molecule has 1 spiro atoms. The molecule has 0 aromatic heterocycles. The SMILES string of the molecule is CC(C)(C)OC(=O)N1CCC(C(=O)[O-])CC12CCC2. The van der Waals surface area contributed by atoms with Crippen LogP contribution in [0.3, 0.4) is 0 Å². The Bertz CT molecular complexity index is 381. The van der Waals surface area contributed by atoms with E-state index in [-0.39, 0.29) is 11.6 Å². The molecule has 1 unspecified atom stereocenters. The van der Waals surface area contributed by atoms with Crippen molar-refractivity contribution in [1.29, 1.82) is 0 Å². The molecule has 1 amide bonds. The number of carboxylic acid groups (broad SMARTS) is 1. The fourth-order valence-corrected chi connectivity index (χ4v) is 3.06. The molecule has 0 radical (unpaired) electrons. The molecule has 1 atom stereocenters. The van der Waals surface area contributed by atoms with E-state index in [0.29, 0.717) is 19.4 Å². The summed E-state index contributed by atoms with van der Waals surface area (Å²) in [5, 5.41) is 11.0. The number of nitrogens with zero attached hydrogens (tertiary/aromatic N) is 1. The summed E-state index contributed by atoms with van der Waals surface area (Å²) in [4.78, 5) is 25.0. The fraction of sp³-hybridized carbons (Fsp3) is 0.857. The number of aliphatic carboxylic acids is 1. The summed E-state index contributed by atoms with van der Waals surface area (Å²) in [6.07, 6.45) is 3.44. The predicted octanol–water partition coefficient (Wildman–Crippen LogP) is 1.31. The monoisotopic (exact) mass is 268 g/mol. The van der Waals surface area contributed by atoms with Gasteiger partial charge in [0.25, 0.3) is 0 Å². The first-order chi connectivity index (χ1) is 8.73. The summed E-state index contributed by atoms with van der Waals surface area (Å²) >= 11 is 0. The Balaban J connectivity index is 2.09. The lowest BCUT2D eigenvalue weighted by Gasteiger charge is -2.54. The van der Waals surface area contributed by atoms with Gasteiger partial charge in [-0.05, 0) is 52.9 Å². The third-order valence-corrected chi connectivity index (χ3v) is 4.13. The molecule has 1 aliphatic carbocycles. The highest BCUT2D eigenvalue weighted by atomic mass is 16.6. The van der Waals surface area contributed by atoms with Crippen molar-refractivity contribution in [3.05, 3.63) is 0 Å². The van der Waals surface area contributed by atoms with Crippen LogP contribution < -0.4 is 5.11 Å². The van der Waals surface area contributed by atoms with Gasteiger partial charge < -0.3 is 19.5 Å². The Labute approximate surface area is 113 Å². The molecular weight excluding hydrogens is 246 g/mol. The third-order valence-electron chi connectivity index (χ3n) is 4.13. The first-order valence-corrected chi connectivity index (χ1v) is 6.95. The predicted molar refractivity (Wildman–Crippen MR) is 67.3 cm³/mol. The molecule has 2 rings (SSSR count). The average Bonchev–Trinajstić information content (AvgIpc) is 2.23. The minimum Gasteiger partial charge on any atom is -0.550 e. The molecule has 1 saturated carbocycles. The number of hydrogen-bond acceptors (Lipinski definition) is 4. The lowest BCUT2D eigenvalue weighted by molar-refractivity contribution is -0.314. The molecule has 2 fully saturated rings. The number of hydrogen-bond donors (Lipinski definition) is 0. The van der Waals surface area contributed by atoms with Crippen LogP contribution in [0.25, 0.3) is 0 Å². The molecule has 0 aromatic rings. The topological polar surface area (TPSA) is 69.7 Å². The Hall–Kier alpha value is -1.26. The number of rotatable bonds is 1. The minimum absolute atomic E-state index is 0.300. The lowest BCUT2D eigenvalue weighted by atomic mass is 9.67. The number of carbonyl (C=O) groups is 2. The van der Waals surface area contributed by atoms with Crippen molar-refractivity contribution in [3.8, 4) is 0 Å². The van der Waals surface area contributed by atoms with Crippen molar-refractivity contribution in [3.63, 3.8) is 0 Å². The maximum atomic E-state index is 12.2. The average molecular weight is 268 g/mol. The smallest absolute Gasteiger partial charge is 0.410 e. The van der Waals surface area contributed by atoms with E-state index in [1.165, 1.54) is 0 Å². The van der Waals surface area contributed by atoms with Crippen LogP contribution in [0, 0.1) is 5.92 Å². The van der Waals surface area contributed by atoms with Crippen molar-refractivity contribution in [1.82, 2.24) is 4.90 Å². The summed E-state index contributed by atoms with van der Waals surface area (Å²) in [7, 11) is 0. The number of carbonyl (C=O) groups excluding carboxylic acids is 2. The normalized spacial score (nSPS) is 25.8. The molecule has 1 aliphatic heterocycles. The van der Waals surface area contributed by atoms with Crippen LogP contribution in [0.1, 0.15) is 52.9 Å². The van der Waals surface area contributed by atoms with Crippen LogP contribution in [0.5, 0.6) is 0 Å². The lowest BCUT2D eigenvalue weighted by Crippen LogP contribution is -2.62. The molecule has 19 heavy (non-hydrogen) atoms. The van der Waals surface area contributed by atoms with E-state index in [4.69, 9.17) is 4.74 Å². The van der Waals surface area contributed by atoms with E-state index in [1.807, 2.05) is 20.8 Å². The molecule has 1 heterocycles. The summed E-state index contributed by atoms with van der Waals surface area (Å²) in [5.41, 5.74) is -0.821. The third kappa shape index (κ3) is 2.85. The molecule has 1 saturated heterocycles. The summed E-state index contributed by atoms with van der Waals surface area (Å²) in [5.74, 6) is -1.42. The van der Waals surface area contributed by atoms with Crippen LogP contribution in [0.2, 0.25) is 0 Å². The Morgan fingerprint density at radius 1 is 1.32 bits per heavy atom. The van der Waals surface area contributed by atoms with Gasteiger partial charge in [-0.15, -0.1) is 0 Å². The van der Waals surface area contributed by atoms with Crippen molar-refractivity contribution >= 4 is 12.1 Å².